The topological polar surface area (TPSA) is 83.8 Å². The molecule has 1 amide bonds. The predicted molar refractivity (Wildman–Crippen MR) is 67.1 cm³/mol. The minimum atomic E-state index is -0.375. The first-order valence-electron chi connectivity index (χ1n) is 4.95. The molecule has 2 rings (SSSR count). The Morgan fingerprint density at radius 2 is 2.29 bits per heavy atom. The Morgan fingerprint density at radius 3 is 2.88 bits per heavy atom. The normalized spacial score (nSPS) is 10.2. The van der Waals surface area contributed by atoms with E-state index in [1.54, 1.807) is 24.3 Å². The second kappa shape index (κ2) is 4.47. The summed E-state index contributed by atoms with van der Waals surface area (Å²) in [4.78, 5) is 11.9. The molecule has 1 aromatic carbocycles. The molecule has 1 heterocycles. The standard InChI is InChI=1S/C11H11ClN4O/c1-6-5-9(16-15-6)14-11(17)10-7(12)3-2-4-8(10)13/h2-5H,13H2,1H3,(H2,14,15,16,17). The van der Waals surface area contributed by atoms with Crippen molar-refractivity contribution in [2.24, 2.45) is 0 Å². The third-order valence-electron chi connectivity index (χ3n) is 2.22. The largest absolute Gasteiger partial charge is 0.398 e. The summed E-state index contributed by atoms with van der Waals surface area (Å²) < 4.78 is 0. The van der Waals surface area contributed by atoms with Crippen LogP contribution in [0.1, 0.15) is 16.1 Å². The summed E-state index contributed by atoms with van der Waals surface area (Å²) in [6.45, 7) is 1.84. The Morgan fingerprint density at radius 1 is 1.53 bits per heavy atom. The van der Waals surface area contributed by atoms with Gasteiger partial charge in [-0.1, -0.05) is 17.7 Å². The zero-order valence-corrected chi connectivity index (χ0v) is 9.88. The fraction of sp³-hybridized carbons (Fsp3) is 0.0909. The fourth-order valence-electron chi connectivity index (χ4n) is 1.44. The van der Waals surface area contributed by atoms with Crippen molar-refractivity contribution >= 4 is 29.0 Å². The van der Waals surface area contributed by atoms with Crippen LogP contribution < -0.4 is 11.1 Å². The predicted octanol–water partition coefficient (Wildman–Crippen LogP) is 2.21. The zero-order valence-electron chi connectivity index (χ0n) is 9.12. The van der Waals surface area contributed by atoms with Crippen molar-refractivity contribution in [1.82, 2.24) is 10.2 Å². The van der Waals surface area contributed by atoms with Gasteiger partial charge in [0.2, 0.25) is 0 Å². The number of hydrogen-bond acceptors (Lipinski definition) is 3. The molecule has 1 aromatic heterocycles. The average molecular weight is 251 g/mol. The van der Waals surface area contributed by atoms with Crippen LogP contribution in [0.15, 0.2) is 24.3 Å². The zero-order chi connectivity index (χ0) is 12.4. The summed E-state index contributed by atoms with van der Waals surface area (Å²) >= 11 is 5.93. The number of rotatable bonds is 2. The lowest BCUT2D eigenvalue weighted by Gasteiger charge is -2.06. The van der Waals surface area contributed by atoms with Crippen molar-refractivity contribution in [1.29, 1.82) is 0 Å². The molecular formula is C11H11ClN4O. The minimum absolute atomic E-state index is 0.259. The summed E-state index contributed by atoms with van der Waals surface area (Å²) in [7, 11) is 0. The number of nitrogens with one attached hydrogen (secondary N) is 2. The monoisotopic (exact) mass is 250 g/mol. The van der Waals surface area contributed by atoms with Gasteiger partial charge in [-0.05, 0) is 19.1 Å². The number of aromatic amines is 1. The molecule has 0 saturated carbocycles. The van der Waals surface area contributed by atoms with Crippen molar-refractivity contribution < 1.29 is 4.79 Å². The summed E-state index contributed by atoms with van der Waals surface area (Å²) in [5, 5.41) is 9.56. The summed E-state index contributed by atoms with van der Waals surface area (Å²) in [6, 6.07) is 6.64. The SMILES string of the molecule is Cc1cc(NC(=O)c2c(N)cccc2Cl)n[nH]1. The van der Waals surface area contributed by atoms with Gasteiger partial charge in [-0.3, -0.25) is 9.89 Å². The van der Waals surface area contributed by atoms with Crippen LogP contribution in [0.5, 0.6) is 0 Å². The van der Waals surface area contributed by atoms with Crippen LogP contribution in [-0.2, 0) is 0 Å². The minimum Gasteiger partial charge on any atom is -0.398 e. The maximum Gasteiger partial charge on any atom is 0.260 e. The van der Waals surface area contributed by atoms with Crippen LogP contribution in [0, 0.1) is 6.92 Å². The summed E-state index contributed by atoms with van der Waals surface area (Å²) in [6.07, 6.45) is 0. The van der Waals surface area contributed by atoms with Crippen molar-refractivity contribution in [2.75, 3.05) is 11.1 Å². The number of benzene rings is 1. The van der Waals surface area contributed by atoms with Crippen LogP contribution in [0.2, 0.25) is 5.02 Å². The molecule has 0 unspecified atom stereocenters. The van der Waals surface area contributed by atoms with Crippen LogP contribution in [0.4, 0.5) is 11.5 Å². The third-order valence-corrected chi connectivity index (χ3v) is 2.54. The van der Waals surface area contributed by atoms with E-state index in [0.717, 1.165) is 5.69 Å². The van der Waals surface area contributed by atoms with Gasteiger partial charge in [-0.15, -0.1) is 0 Å². The lowest BCUT2D eigenvalue weighted by Crippen LogP contribution is -2.14. The first-order valence-corrected chi connectivity index (χ1v) is 5.33. The van der Waals surface area contributed by atoms with Gasteiger partial charge in [0.1, 0.15) is 0 Å². The van der Waals surface area contributed by atoms with Gasteiger partial charge in [-0.2, -0.15) is 5.10 Å². The highest BCUT2D eigenvalue weighted by atomic mass is 35.5. The van der Waals surface area contributed by atoms with Crippen molar-refractivity contribution in [2.45, 2.75) is 6.92 Å². The average Bonchev–Trinajstić information content (AvgIpc) is 2.63. The van der Waals surface area contributed by atoms with E-state index in [1.807, 2.05) is 6.92 Å². The van der Waals surface area contributed by atoms with E-state index in [4.69, 9.17) is 17.3 Å². The van der Waals surface area contributed by atoms with Crippen LogP contribution in [0.25, 0.3) is 0 Å². The molecule has 0 radical (unpaired) electrons. The number of carbonyl (C=O) groups is 1. The number of hydrogen-bond donors (Lipinski definition) is 3. The van der Waals surface area contributed by atoms with E-state index < -0.39 is 0 Å². The lowest BCUT2D eigenvalue weighted by molar-refractivity contribution is 0.102. The molecule has 4 N–H and O–H groups in total. The van der Waals surface area contributed by atoms with E-state index in [1.165, 1.54) is 0 Å². The molecule has 6 heteroatoms. The number of amides is 1. The van der Waals surface area contributed by atoms with Gasteiger partial charge in [0.05, 0.1) is 10.6 Å². The maximum atomic E-state index is 11.9. The maximum absolute atomic E-state index is 11.9. The Bertz CT molecular complexity index is 544. The molecule has 0 bridgehead atoms. The number of nitrogens with two attached hydrogens (primary N) is 1. The Labute approximate surface area is 103 Å². The van der Waals surface area contributed by atoms with Crippen LogP contribution in [-0.4, -0.2) is 16.1 Å². The number of carbonyl (C=O) groups excluding carboxylic acids is 1. The van der Waals surface area contributed by atoms with E-state index in [-0.39, 0.29) is 11.5 Å². The van der Waals surface area contributed by atoms with Crippen molar-refractivity contribution in [3.05, 3.63) is 40.5 Å². The van der Waals surface area contributed by atoms with E-state index in [0.29, 0.717) is 16.5 Å². The van der Waals surface area contributed by atoms with Crippen LogP contribution >= 0.6 is 11.6 Å². The quantitative estimate of drug-likeness (QED) is 0.715. The molecule has 5 nitrogen and oxygen atoms in total. The van der Waals surface area contributed by atoms with Gasteiger partial charge < -0.3 is 11.1 Å². The number of halogens is 1. The number of nitrogen functional groups attached to an aromatic ring is 1. The van der Waals surface area contributed by atoms with Gasteiger partial charge in [0.25, 0.3) is 5.91 Å². The third kappa shape index (κ3) is 2.39. The first-order chi connectivity index (χ1) is 8.08. The Hall–Kier alpha value is -2.01. The number of nitrogens with zero attached hydrogens (tertiary/aromatic N) is 1. The summed E-state index contributed by atoms with van der Waals surface area (Å²) in [5.41, 5.74) is 7.16. The Kier molecular flexibility index (Phi) is 3.01. The first kappa shape index (κ1) is 11.5. The number of H-pyrrole nitrogens is 1. The smallest absolute Gasteiger partial charge is 0.260 e. The van der Waals surface area contributed by atoms with E-state index >= 15 is 0 Å². The number of aryl methyl sites for hydroxylation is 1. The van der Waals surface area contributed by atoms with Crippen LogP contribution in [0.3, 0.4) is 0 Å². The van der Waals surface area contributed by atoms with Gasteiger partial charge in [0, 0.05) is 17.4 Å². The van der Waals surface area contributed by atoms with Crippen molar-refractivity contribution in [3.63, 3.8) is 0 Å². The fourth-order valence-corrected chi connectivity index (χ4v) is 1.71. The molecule has 2 aromatic rings. The molecule has 0 aliphatic heterocycles. The van der Waals surface area contributed by atoms with Gasteiger partial charge in [0.15, 0.2) is 5.82 Å². The number of anilines is 2. The van der Waals surface area contributed by atoms with Crippen molar-refractivity contribution in [3.8, 4) is 0 Å². The molecule has 88 valence electrons. The second-order valence-corrected chi connectivity index (χ2v) is 4.00. The molecule has 0 atom stereocenters. The van der Waals surface area contributed by atoms with Gasteiger partial charge in [-0.25, -0.2) is 0 Å². The second-order valence-electron chi connectivity index (χ2n) is 3.59. The molecule has 0 aliphatic rings. The Balaban J connectivity index is 2.26. The molecule has 0 spiro atoms. The highest BCUT2D eigenvalue weighted by Gasteiger charge is 2.14. The molecular weight excluding hydrogens is 240 g/mol. The number of aromatic nitrogens is 2. The van der Waals surface area contributed by atoms with E-state index in [2.05, 4.69) is 15.5 Å². The molecule has 0 aliphatic carbocycles. The highest BCUT2D eigenvalue weighted by molar-refractivity contribution is 6.35. The lowest BCUT2D eigenvalue weighted by atomic mass is 10.1. The molecule has 0 saturated heterocycles. The van der Waals surface area contributed by atoms with Gasteiger partial charge >= 0.3 is 0 Å². The molecule has 0 fully saturated rings. The highest BCUT2D eigenvalue weighted by Crippen LogP contribution is 2.22. The molecule has 17 heavy (non-hydrogen) atoms. The summed E-state index contributed by atoms with van der Waals surface area (Å²) in [5.74, 6) is 0.0615. The van der Waals surface area contributed by atoms with E-state index in [9.17, 15) is 4.79 Å².